The van der Waals surface area contributed by atoms with Crippen LogP contribution in [0.3, 0.4) is 0 Å². The Balaban J connectivity index is 2.01. The molecule has 0 saturated heterocycles. The number of nitriles is 1. The van der Waals surface area contributed by atoms with Crippen LogP contribution < -0.4 is 15.6 Å². The van der Waals surface area contributed by atoms with E-state index in [0.717, 1.165) is 23.8 Å². The Labute approximate surface area is 209 Å². The van der Waals surface area contributed by atoms with Crippen LogP contribution in [0.1, 0.15) is 35.3 Å². The van der Waals surface area contributed by atoms with Gasteiger partial charge in [0.05, 0.1) is 43.3 Å². The molecule has 1 heterocycles. The summed E-state index contributed by atoms with van der Waals surface area (Å²) in [5, 5.41) is 12.0. The van der Waals surface area contributed by atoms with Crippen LogP contribution in [0.4, 0.5) is 14.5 Å². The number of hydrogen-bond acceptors (Lipinski definition) is 6. The molecular weight excluding hydrogens is 496 g/mol. The van der Waals surface area contributed by atoms with Crippen molar-refractivity contribution in [2.45, 2.75) is 19.4 Å². The average Bonchev–Trinajstić information content (AvgIpc) is 2.87. The summed E-state index contributed by atoms with van der Waals surface area (Å²) in [4.78, 5) is 37.6. The predicted octanol–water partition coefficient (Wildman–Crippen LogP) is 4.70. The van der Waals surface area contributed by atoms with Gasteiger partial charge in [-0.3, -0.25) is 14.2 Å². The van der Waals surface area contributed by atoms with Crippen LogP contribution in [0.15, 0.2) is 47.4 Å². The number of nitrogens with one attached hydrogen (secondary N) is 1. The summed E-state index contributed by atoms with van der Waals surface area (Å²) in [5.41, 5.74) is -0.838. The number of anilines is 1. The Bertz CT molecular complexity index is 1450. The Kier molecular flexibility index (Phi) is 8.07. The standard InChI is InChI=1S/C25H20ClF2N3O5/c1-4-19(24(33)30-18-8-7-15(25(34)36-3)22(27)23(18)28)31-12-20(35-2)17(10-21(31)32)16-9-14(26)6-5-13(16)11-29/h5-10,12,19H,4H2,1-3H3,(H,30,33). The average molecular weight is 516 g/mol. The third kappa shape index (κ3) is 5.06. The van der Waals surface area contributed by atoms with Gasteiger partial charge in [0.2, 0.25) is 5.91 Å². The van der Waals surface area contributed by atoms with Crippen LogP contribution in [0.5, 0.6) is 5.75 Å². The molecule has 3 rings (SSSR count). The van der Waals surface area contributed by atoms with Crippen LogP contribution in [-0.2, 0) is 9.53 Å². The minimum atomic E-state index is -1.48. The quantitative estimate of drug-likeness (QED) is 0.456. The van der Waals surface area contributed by atoms with E-state index in [9.17, 15) is 28.4 Å². The molecule has 1 N–H and O–H groups in total. The van der Waals surface area contributed by atoms with Crippen molar-refractivity contribution in [3.63, 3.8) is 0 Å². The van der Waals surface area contributed by atoms with Gasteiger partial charge in [0.25, 0.3) is 5.56 Å². The van der Waals surface area contributed by atoms with Crippen LogP contribution in [0, 0.1) is 23.0 Å². The molecule has 2 aromatic carbocycles. The molecule has 3 aromatic rings. The number of nitrogens with zero attached hydrogens (tertiary/aromatic N) is 2. The van der Waals surface area contributed by atoms with E-state index >= 15 is 0 Å². The van der Waals surface area contributed by atoms with E-state index in [-0.39, 0.29) is 17.7 Å². The van der Waals surface area contributed by atoms with Crippen LogP contribution in [0.25, 0.3) is 11.1 Å². The lowest BCUT2D eigenvalue weighted by atomic mass is 10.00. The number of halogens is 3. The molecule has 11 heteroatoms. The van der Waals surface area contributed by atoms with Crippen molar-refractivity contribution in [1.29, 1.82) is 5.26 Å². The van der Waals surface area contributed by atoms with Crippen LogP contribution in [-0.4, -0.2) is 30.7 Å². The molecule has 0 spiro atoms. The van der Waals surface area contributed by atoms with Crippen molar-refractivity contribution in [2.75, 3.05) is 19.5 Å². The highest BCUT2D eigenvalue weighted by Crippen LogP contribution is 2.33. The van der Waals surface area contributed by atoms with E-state index in [1.807, 2.05) is 6.07 Å². The Morgan fingerprint density at radius 1 is 1.14 bits per heavy atom. The number of carbonyl (C=O) groups excluding carboxylic acids is 2. The lowest BCUT2D eigenvalue weighted by Gasteiger charge is -2.20. The molecule has 0 saturated carbocycles. The molecule has 0 aliphatic carbocycles. The molecule has 1 unspecified atom stereocenters. The largest absolute Gasteiger partial charge is 0.495 e. The first-order valence-corrected chi connectivity index (χ1v) is 10.9. The summed E-state index contributed by atoms with van der Waals surface area (Å²) in [6.45, 7) is 1.62. The number of pyridine rings is 1. The minimum Gasteiger partial charge on any atom is -0.495 e. The van der Waals surface area contributed by atoms with Crippen molar-refractivity contribution in [2.24, 2.45) is 0 Å². The molecule has 1 amide bonds. The molecule has 0 radical (unpaired) electrons. The van der Waals surface area contributed by atoms with Gasteiger partial charge in [0.1, 0.15) is 11.8 Å². The second-order valence-corrected chi connectivity index (χ2v) is 7.93. The van der Waals surface area contributed by atoms with Crippen molar-refractivity contribution >= 4 is 29.2 Å². The number of hydrogen-bond donors (Lipinski definition) is 1. The first-order chi connectivity index (χ1) is 17.2. The fourth-order valence-electron chi connectivity index (χ4n) is 3.62. The lowest BCUT2D eigenvalue weighted by molar-refractivity contribution is -0.119. The van der Waals surface area contributed by atoms with E-state index in [4.69, 9.17) is 16.3 Å². The molecule has 0 aliphatic heterocycles. The minimum absolute atomic E-state index is 0.110. The summed E-state index contributed by atoms with van der Waals surface area (Å²) in [6.07, 6.45) is 1.41. The maximum atomic E-state index is 14.5. The summed E-state index contributed by atoms with van der Waals surface area (Å²) in [6, 6.07) is 8.65. The summed E-state index contributed by atoms with van der Waals surface area (Å²) < 4.78 is 39.7. The van der Waals surface area contributed by atoms with E-state index in [0.29, 0.717) is 16.1 Å². The lowest BCUT2D eigenvalue weighted by Crippen LogP contribution is -2.33. The van der Waals surface area contributed by atoms with Crippen LogP contribution in [0.2, 0.25) is 5.02 Å². The third-order valence-corrected chi connectivity index (χ3v) is 5.66. The molecule has 1 atom stereocenters. The zero-order valence-electron chi connectivity index (χ0n) is 19.4. The highest BCUT2D eigenvalue weighted by atomic mass is 35.5. The smallest absolute Gasteiger partial charge is 0.340 e. The Morgan fingerprint density at radius 3 is 2.47 bits per heavy atom. The van der Waals surface area contributed by atoms with Crippen molar-refractivity contribution in [3.8, 4) is 22.9 Å². The second-order valence-electron chi connectivity index (χ2n) is 7.50. The first-order valence-electron chi connectivity index (χ1n) is 10.5. The number of ether oxygens (including phenoxy) is 2. The molecule has 8 nitrogen and oxygen atoms in total. The molecule has 0 aliphatic rings. The van der Waals surface area contributed by atoms with Crippen molar-refractivity contribution in [3.05, 3.63) is 80.7 Å². The van der Waals surface area contributed by atoms with Gasteiger partial charge in [-0.05, 0) is 36.8 Å². The van der Waals surface area contributed by atoms with E-state index in [1.165, 1.54) is 37.6 Å². The van der Waals surface area contributed by atoms with Gasteiger partial charge < -0.3 is 14.8 Å². The maximum absolute atomic E-state index is 14.5. The predicted molar refractivity (Wildman–Crippen MR) is 128 cm³/mol. The highest BCUT2D eigenvalue weighted by molar-refractivity contribution is 6.31. The number of aromatic nitrogens is 1. The summed E-state index contributed by atoms with van der Waals surface area (Å²) in [7, 11) is 2.37. The Morgan fingerprint density at radius 2 is 1.86 bits per heavy atom. The van der Waals surface area contributed by atoms with Gasteiger partial charge in [-0.1, -0.05) is 18.5 Å². The molecule has 0 fully saturated rings. The number of methoxy groups -OCH3 is 2. The SMILES string of the molecule is CCC(C(=O)Nc1ccc(C(=O)OC)c(F)c1F)n1cc(OC)c(-c2cc(Cl)ccc2C#N)cc1=O. The molecule has 0 bridgehead atoms. The zero-order valence-corrected chi connectivity index (χ0v) is 20.2. The van der Waals surface area contributed by atoms with E-state index < -0.39 is 46.4 Å². The fourth-order valence-corrected chi connectivity index (χ4v) is 3.79. The molecule has 1 aromatic heterocycles. The maximum Gasteiger partial charge on any atom is 0.340 e. The highest BCUT2D eigenvalue weighted by Gasteiger charge is 2.25. The number of esters is 1. The van der Waals surface area contributed by atoms with Gasteiger partial charge in [-0.15, -0.1) is 0 Å². The van der Waals surface area contributed by atoms with Crippen molar-refractivity contribution in [1.82, 2.24) is 4.57 Å². The third-order valence-electron chi connectivity index (χ3n) is 5.43. The number of carbonyl (C=O) groups is 2. The van der Waals surface area contributed by atoms with Crippen molar-refractivity contribution < 1.29 is 27.8 Å². The second kappa shape index (κ2) is 11.0. The number of amides is 1. The van der Waals surface area contributed by atoms with Gasteiger partial charge in [0.15, 0.2) is 11.6 Å². The van der Waals surface area contributed by atoms with Gasteiger partial charge in [-0.25, -0.2) is 13.6 Å². The van der Waals surface area contributed by atoms with Crippen LogP contribution >= 0.6 is 11.6 Å². The number of rotatable bonds is 7. The number of benzene rings is 2. The topological polar surface area (TPSA) is 110 Å². The normalized spacial score (nSPS) is 11.4. The van der Waals surface area contributed by atoms with E-state index in [1.54, 1.807) is 6.92 Å². The Hall–Kier alpha value is -4.23. The summed E-state index contributed by atoms with van der Waals surface area (Å²) >= 11 is 6.07. The fraction of sp³-hybridized carbons (Fsp3) is 0.200. The zero-order chi connectivity index (χ0) is 26.6. The van der Waals surface area contributed by atoms with Gasteiger partial charge in [0, 0.05) is 22.2 Å². The molecule has 36 heavy (non-hydrogen) atoms. The van der Waals surface area contributed by atoms with Gasteiger partial charge in [-0.2, -0.15) is 5.26 Å². The van der Waals surface area contributed by atoms with Gasteiger partial charge >= 0.3 is 5.97 Å². The molecule has 186 valence electrons. The summed E-state index contributed by atoms with van der Waals surface area (Å²) in [5.74, 6) is -4.64. The monoisotopic (exact) mass is 515 g/mol. The first kappa shape index (κ1) is 26.4. The molecular formula is C25H20ClF2N3O5. The van der Waals surface area contributed by atoms with E-state index in [2.05, 4.69) is 10.1 Å².